The van der Waals surface area contributed by atoms with E-state index in [2.05, 4.69) is 0 Å². The Morgan fingerprint density at radius 1 is 1.04 bits per heavy atom. The lowest BCUT2D eigenvalue weighted by Crippen LogP contribution is -2.13. The molecular formula is C20H22O4. The van der Waals surface area contributed by atoms with Crippen LogP contribution in [0, 0.1) is 0 Å². The second kappa shape index (κ2) is 8.29. The molecule has 0 saturated heterocycles. The predicted octanol–water partition coefficient (Wildman–Crippen LogP) is 4.21. The van der Waals surface area contributed by atoms with Gasteiger partial charge < -0.3 is 9.47 Å². The van der Waals surface area contributed by atoms with Gasteiger partial charge in [0.15, 0.2) is 5.78 Å². The van der Waals surface area contributed by atoms with Crippen LogP contribution in [0.5, 0.6) is 5.75 Å². The summed E-state index contributed by atoms with van der Waals surface area (Å²) < 4.78 is 10.9. The molecule has 0 atom stereocenters. The topological polar surface area (TPSA) is 52.6 Å². The Morgan fingerprint density at radius 2 is 1.75 bits per heavy atom. The zero-order valence-corrected chi connectivity index (χ0v) is 14.3. The van der Waals surface area contributed by atoms with Crippen molar-refractivity contribution in [1.29, 1.82) is 0 Å². The summed E-state index contributed by atoms with van der Waals surface area (Å²) in [5.41, 5.74) is 2.51. The molecule has 0 aromatic heterocycles. The van der Waals surface area contributed by atoms with Crippen LogP contribution in [0.4, 0.5) is 0 Å². The maximum absolute atomic E-state index is 12.2. The molecule has 4 heteroatoms. The van der Waals surface area contributed by atoms with E-state index < -0.39 is 5.97 Å². The highest BCUT2D eigenvalue weighted by atomic mass is 16.5. The fourth-order valence-electron chi connectivity index (χ4n) is 2.56. The van der Waals surface area contributed by atoms with Gasteiger partial charge in [0.2, 0.25) is 0 Å². The molecule has 0 N–H and O–H groups in total. The molecule has 0 fully saturated rings. The maximum atomic E-state index is 12.2. The van der Waals surface area contributed by atoms with Gasteiger partial charge in [-0.3, -0.25) is 4.79 Å². The van der Waals surface area contributed by atoms with Crippen LogP contribution < -0.4 is 4.74 Å². The van der Waals surface area contributed by atoms with Crippen LogP contribution in [-0.4, -0.2) is 18.4 Å². The van der Waals surface area contributed by atoms with Gasteiger partial charge in [0.05, 0.1) is 12.2 Å². The molecule has 0 aliphatic heterocycles. The van der Waals surface area contributed by atoms with Gasteiger partial charge in [-0.1, -0.05) is 37.3 Å². The number of aryl methyl sites for hydroxylation is 1. The van der Waals surface area contributed by atoms with Crippen molar-refractivity contribution >= 4 is 11.8 Å². The predicted molar refractivity (Wildman–Crippen MR) is 92.6 cm³/mol. The molecule has 2 aromatic rings. The number of carbonyl (C=O) groups excluding carboxylic acids is 2. The number of benzene rings is 2. The van der Waals surface area contributed by atoms with Gasteiger partial charge in [-0.15, -0.1) is 0 Å². The second-order valence-electron chi connectivity index (χ2n) is 5.41. The number of carbonyl (C=O) groups is 2. The van der Waals surface area contributed by atoms with Crippen LogP contribution in [-0.2, 0) is 17.8 Å². The minimum atomic E-state index is -0.498. The minimum absolute atomic E-state index is 0.149. The summed E-state index contributed by atoms with van der Waals surface area (Å²) in [5, 5.41) is 0. The first-order valence-electron chi connectivity index (χ1n) is 8.08. The summed E-state index contributed by atoms with van der Waals surface area (Å²) in [6.07, 6.45) is 0.629. The van der Waals surface area contributed by atoms with Crippen LogP contribution in [0.2, 0.25) is 0 Å². The highest BCUT2D eigenvalue weighted by Gasteiger charge is 2.20. The SMILES string of the molecule is CCOC(=O)c1cc(OCc2ccccc2)cc(CC)c1C(C)=O. The third kappa shape index (κ3) is 4.22. The summed E-state index contributed by atoms with van der Waals surface area (Å²) in [6.45, 7) is 5.79. The van der Waals surface area contributed by atoms with Crippen molar-refractivity contribution in [2.75, 3.05) is 6.61 Å². The smallest absolute Gasteiger partial charge is 0.339 e. The van der Waals surface area contributed by atoms with Crippen LogP contribution in [0.15, 0.2) is 42.5 Å². The van der Waals surface area contributed by atoms with Crippen molar-refractivity contribution in [3.63, 3.8) is 0 Å². The molecule has 0 unspecified atom stereocenters. The molecule has 0 aliphatic carbocycles. The first-order valence-corrected chi connectivity index (χ1v) is 8.08. The maximum Gasteiger partial charge on any atom is 0.339 e. The van der Waals surface area contributed by atoms with Crippen LogP contribution in [0.1, 0.15) is 52.6 Å². The molecule has 4 nitrogen and oxygen atoms in total. The van der Waals surface area contributed by atoms with E-state index in [4.69, 9.17) is 9.47 Å². The molecule has 0 spiro atoms. The fraction of sp³-hybridized carbons (Fsp3) is 0.300. The van der Waals surface area contributed by atoms with Gasteiger partial charge in [0, 0.05) is 5.56 Å². The number of hydrogen-bond acceptors (Lipinski definition) is 4. The van der Waals surface area contributed by atoms with E-state index in [0.717, 1.165) is 11.1 Å². The molecule has 2 rings (SSSR count). The highest BCUT2D eigenvalue weighted by Crippen LogP contribution is 2.25. The number of hydrogen-bond donors (Lipinski definition) is 0. The fourth-order valence-corrected chi connectivity index (χ4v) is 2.56. The molecule has 24 heavy (non-hydrogen) atoms. The summed E-state index contributed by atoms with van der Waals surface area (Å²) in [5.74, 6) is -0.0872. The van der Waals surface area contributed by atoms with E-state index in [1.807, 2.05) is 43.3 Å². The van der Waals surface area contributed by atoms with Crippen molar-refractivity contribution < 1.29 is 19.1 Å². The largest absolute Gasteiger partial charge is 0.489 e. The summed E-state index contributed by atoms with van der Waals surface area (Å²) in [6, 6.07) is 13.2. The van der Waals surface area contributed by atoms with Gasteiger partial charge in [0.1, 0.15) is 12.4 Å². The average Bonchev–Trinajstić information content (AvgIpc) is 2.59. The lowest BCUT2D eigenvalue weighted by Gasteiger charge is -2.14. The van der Waals surface area contributed by atoms with Crippen molar-refractivity contribution in [2.24, 2.45) is 0 Å². The molecular weight excluding hydrogens is 304 g/mol. The van der Waals surface area contributed by atoms with E-state index >= 15 is 0 Å². The molecule has 0 heterocycles. The van der Waals surface area contributed by atoms with E-state index in [1.54, 1.807) is 13.0 Å². The monoisotopic (exact) mass is 326 g/mol. The third-order valence-electron chi connectivity index (χ3n) is 3.67. The molecule has 0 aliphatic rings. The normalized spacial score (nSPS) is 10.3. The average molecular weight is 326 g/mol. The van der Waals surface area contributed by atoms with Crippen LogP contribution in [0.3, 0.4) is 0 Å². The zero-order valence-electron chi connectivity index (χ0n) is 14.3. The number of ether oxygens (including phenoxy) is 2. The van der Waals surface area contributed by atoms with Crippen molar-refractivity contribution in [2.45, 2.75) is 33.8 Å². The zero-order chi connectivity index (χ0) is 17.5. The third-order valence-corrected chi connectivity index (χ3v) is 3.67. The minimum Gasteiger partial charge on any atom is -0.489 e. The lowest BCUT2D eigenvalue weighted by molar-refractivity contribution is 0.0522. The van der Waals surface area contributed by atoms with E-state index in [9.17, 15) is 9.59 Å². The van der Waals surface area contributed by atoms with E-state index in [1.165, 1.54) is 6.92 Å². The molecule has 126 valence electrons. The molecule has 0 radical (unpaired) electrons. The second-order valence-corrected chi connectivity index (χ2v) is 5.41. The number of ketones is 1. The van der Waals surface area contributed by atoms with Crippen LogP contribution >= 0.6 is 0 Å². The Kier molecular flexibility index (Phi) is 6.13. The van der Waals surface area contributed by atoms with Gasteiger partial charge >= 0.3 is 5.97 Å². The standard InChI is InChI=1S/C20H22O4/c1-4-16-11-17(24-13-15-9-7-6-8-10-15)12-18(19(16)14(3)21)20(22)23-5-2/h6-12H,4-5,13H2,1-3H3. The molecule has 0 saturated carbocycles. The summed E-state index contributed by atoms with van der Waals surface area (Å²) >= 11 is 0. The Hall–Kier alpha value is -2.62. The molecule has 2 aromatic carbocycles. The van der Waals surface area contributed by atoms with Crippen molar-refractivity contribution in [3.8, 4) is 5.75 Å². The first-order chi connectivity index (χ1) is 11.6. The Labute approximate surface area is 142 Å². The van der Waals surface area contributed by atoms with Crippen molar-refractivity contribution in [1.82, 2.24) is 0 Å². The van der Waals surface area contributed by atoms with E-state index in [-0.39, 0.29) is 18.0 Å². The number of rotatable bonds is 7. The number of Topliss-reactive ketones (excluding diaryl/α,β-unsaturated/α-hetero) is 1. The molecule has 0 amide bonds. The van der Waals surface area contributed by atoms with Gasteiger partial charge in [-0.05, 0) is 43.5 Å². The lowest BCUT2D eigenvalue weighted by atomic mass is 9.95. The Morgan fingerprint density at radius 3 is 2.33 bits per heavy atom. The molecule has 0 bridgehead atoms. The van der Waals surface area contributed by atoms with Crippen molar-refractivity contribution in [3.05, 3.63) is 64.7 Å². The van der Waals surface area contributed by atoms with E-state index in [0.29, 0.717) is 24.3 Å². The Bertz CT molecular complexity index is 720. The van der Waals surface area contributed by atoms with Crippen LogP contribution in [0.25, 0.3) is 0 Å². The summed E-state index contributed by atoms with van der Waals surface area (Å²) in [4.78, 5) is 24.2. The number of esters is 1. The van der Waals surface area contributed by atoms with Gasteiger partial charge in [0.25, 0.3) is 0 Å². The Balaban J connectivity index is 2.36. The summed E-state index contributed by atoms with van der Waals surface area (Å²) in [7, 11) is 0. The quantitative estimate of drug-likeness (QED) is 0.565. The first kappa shape index (κ1) is 17.7. The highest BCUT2D eigenvalue weighted by molar-refractivity contribution is 6.06. The van der Waals surface area contributed by atoms with Gasteiger partial charge in [-0.2, -0.15) is 0 Å². The van der Waals surface area contributed by atoms with Gasteiger partial charge in [-0.25, -0.2) is 4.79 Å².